The molecule has 0 spiro atoms. The van der Waals surface area contributed by atoms with Crippen molar-refractivity contribution in [2.45, 2.75) is 40.3 Å². The highest BCUT2D eigenvalue weighted by Crippen LogP contribution is 2.32. The number of nitrogens with zero attached hydrogens (tertiary/aromatic N) is 3. The maximum atomic E-state index is 12.7. The Morgan fingerprint density at radius 2 is 1.94 bits per heavy atom. The van der Waals surface area contributed by atoms with Gasteiger partial charge in [0.05, 0.1) is 16.9 Å². The number of esters is 1. The van der Waals surface area contributed by atoms with Crippen LogP contribution in [0.5, 0.6) is 0 Å². The number of benzene rings is 2. The lowest BCUT2D eigenvalue weighted by Gasteiger charge is -2.21. The molecule has 0 aliphatic rings. The fourth-order valence-corrected chi connectivity index (χ4v) is 4.44. The number of amides is 1. The standard InChI is InChI=1S/C24H23N3O5S/c1-14-8-7-10-19(15(14)2)27(17(4)28)23-25-18(13-33-23)12-31-22(29)16(3)26-20-9-5-6-11-21(20)32-24(26)30/h5-11,13,16H,12H2,1-4H3. The van der Waals surface area contributed by atoms with Gasteiger partial charge in [0.2, 0.25) is 5.91 Å². The maximum Gasteiger partial charge on any atom is 0.420 e. The van der Waals surface area contributed by atoms with Gasteiger partial charge in [-0.25, -0.2) is 14.6 Å². The average Bonchev–Trinajstić information content (AvgIpc) is 3.38. The fourth-order valence-electron chi connectivity index (χ4n) is 3.57. The molecule has 170 valence electrons. The molecule has 0 saturated carbocycles. The monoisotopic (exact) mass is 465 g/mol. The highest BCUT2D eigenvalue weighted by molar-refractivity contribution is 7.14. The minimum atomic E-state index is -0.872. The molecule has 2 aromatic heterocycles. The van der Waals surface area contributed by atoms with Crippen LogP contribution in [0.3, 0.4) is 0 Å². The third-order valence-corrected chi connectivity index (χ3v) is 6.35. The first-order valence-corrected chi connectivity index (χ1v) is 11.2. The lowest BCUT2D eigenvalue weighted by atomic mass is 10.1. The number of thiazole rings is 1. The molecule has 0 fully saturated rings. The van der Waals surface area contributed by atoms with Gasteiger partial charge < -0.3 is 9.15 Å². The molecule has 0 radical (unpaired) electrons. The summed E-state index contributed by atoms with van der Waals surface area (Å²) in [6.45, 7) is 6.93. The Balaban J connectivity index is 1.51. The second-order valence-electron chi connectivity index (χ2n) is 7.68. The Kier molecular flexibility index (Phi) is 6.15. The number of hydrogen-bond acceptors (Lipinski definition) is 7. The van der Waals surface area contributed by atoms with Gasteiger partial charge in [-0.1, -0.05) is 24.3 Å². The molecule has 2 aromatic carbocycles. The molecular formula is C24H23N3O5S. The number of rotatable bonds is 6. The Morgan fingerprint density at radius 3 is 2.70 bits per heavy atom. The second-order valence-corrected chi connectivity index (χ2v) is 8.52. The van der Waals surface area contributed by atoms with Crippen molar-refractivity contribution in [2.75, 3.05) is 4.90 Å². The van der Waals surface area contributed by atoms with Crippen LogP contribution < -0.4 is 10.7 Å². The zero-order chi connectivity index (χ0) is 23.7. The summed E-state index contributed by atoms with van der Waals surface area (Å²) < 4.78 is 11.9. The van der Waals surface area contributed by atoms with E-state index >= 15 is 0 Å². The van der Waals surface area contributed by atoms with Crippen LogP contribution in [0.15, 0.2) is 57.1 Å². The Bertz CT molecular complexity index is 1400. The lowest BCUT2D eigenvalue weighted by molar-refractivity contribution is -0.148. The summed E-state index contributed by atoms with van der Waals surface area (Å²) in [7, 11) is 0. The molecule has 0 aliphatic heterocycles. The van der Waals surface area contributed by atoms with Gasteiger partial charge in [-0.15, -0.1) is 11.3 Å². The van der Waals surface area contributed by atoms with E-state index in [0.717, 1.165) is 16.8 Å². The van der Waals surface area contributed by atoms with Crippen LogP contribution in [0.4, 0.5) is 10.8 Å². The molecule has 4 aromatic rings. The zero-order valence-corrected chi connectivity index (χ0v) is 19.5. The van der Waals surface area contributed by atoms with Crippen molar-refractivity contribution < 1.29 is 18.7 Å². The van der Waals surface area contributed by atoms with Crippen LogP contribution >= 0.6 is 11.3 Å². The molecule has 4 rings (SSSR count). The fraction of sp³-hybridized carbons (Fsp3) is 0.250. The summed E-state index contributed by atoms with van der Waals surface area (Å²) in [6, 6.07) is 11.8. The highest BCUT2D eigenvalue weighted by Gasteiger charge is 2.24. The molecule has 33 heavy (non-hydrogen) atoms. The minimum Gasteiger partial charge on any atom is -0.458 e. The molecule has 1 amide bonds. The molecule has 9 heteroatoms. The summed E-state index contributed by atoms with van der Waals surface area (Å²) in [5.41, 5.74) is 4.26. The minimum absolute atomic E-state index is 0.0806. The topological polar surface area (TPSA) is 94.6 Å². The normalized spacial score (nSPS) is 12.0. The molecule has 1 atom stereocenters. The number of carbonyl (C=O) groups is 2. The quantitative estimate of drug-likeness (QED) is 0.385. The number of anilines is 2. The molecule has 2 heterocycles. The van der Waals surface area contributed by atoms with Crippen molar-refractivity contribution in [3.05, 3.63) is 75.2 Å². The van der Waals surface area contributed by atoms with E-state index in [1.807, 2.05) is 32.0 Å². The number of oxazole rings is 1. The predicted octanol–water partition coefficient (Wildman–Crippen LogP) is 4.66. The number of aromatic nitrogens is 2. The number of carbonyl (C=O) groups excluding carboxylic acids is 2. The third-order valence-electron chi connectivity index (χ3n) is 5.47. The van der Waals surface area contributed by atoms with Gasteiger partial charge in [0.1, 0.15) is 12.6 Å². The molecule has 0 N–H and O–H groups in total. The molecule has 8 nitrogen and oxygen atoms in total. The van der Waals surface area contributed by atoms with Crippen molar-refractivity contribution in [3.8, 4) is 0 Å². The van der Waals surface area contributed by atoms with E-state index in [1.165, 1.54) is 22.8 Å². The number of ether oxygens (including phenoxy) is 1. The van der Waals surface area contributed by atoms with Gasteiger partial charge in [-0.2, -0.15) is 0 Å². The van der Waals surface area contributed by atoms with Crippen molar-refractivity contribution in [2.24, 2.45) is 0 Å². The van der Waals surface area contributed by atoms with Crippen LogP contribution in [-0.4, -0.2) is 21.4 Å². The van der Waals surface area contributed by atoms with E-state index < -0.39 is 17.8 Å². The zero-order valence-electron chi connectivity index (χ0n) is 18.7. The number of fused-ring (bicyclic) bond motifs is 1. The molecule has 1 unspecified atom stereocenters. The predicted molar refractivity (Wildman–Crippen MR) is 126 cm³/mol. The van der Waals surface area contributed by atoms with Gasteiger partial charge in [-0.05, 0) is 50.1 Å². The van der Waals surface area contributed by atoms with Crippen molar-refractivity contribution in [1.29, 1.82) is 0 Å². The molecule has 0 aliphatic carbocycles. The Labute approximate surface area is 194 Å². The number of para-hydroxylation sites is 2. The van der Waals surface area contributed by atoms with Crippen LogP contribution in [0.25, 0.3) is 11.1 Å². The summed E-state index contributed by atoms with van der Waals surface area (Å²) in [4.78, 5) is 43.3. The van der Waals surface area contributed by atoms with Gasteiger partial charge >= 0.3 is 11.7 Å². The molecular weight excluding hydrogens is 442 g/mol. The van der Waals surface area contributed by atoms with E-state index in [1.54, 1.807) is 41.5 Å². The van der Waals surface area contributed by atoms with Gasteiger partial charge in [-0.3, -0.25) is 14.3 Å². The second kappa shape index (κ2) is 9.03. The lowest BCUT2D eigenvalue weighted by Crippen LogP contribution is -2.26. The average molecular weight is 466 g/mol. The first kappa shape index (κ1) is 22.5. The van der Waals surface area contributed by atoms with Crippen molar-refractivity contribution >= 4 is 45.1 Å². The van der Waals surface area contributed by atoms with Crippen LogP contribution in [0, 0.1) is 13.8 Å². The number of hydrogen-bond donors (Lipinski definition) is 0. The summed E-state index contributed by atoms with van der Waals surface area (Å²) in [6.07, 6.45) is 0. The number of aryl methyl sites for hydroxylation is 1. The van der Waals surface area contributed by atoms with E-state index in [9.17, 15) is 14.4 Å². The first-order chi connectivity index (χ1) is 15.8. The SMILES string of the molecule is CC(=O)N(c1nc(COC(=O)C(C)n2c(=O)oc3ccccc32)cs1)c1cccc(C)c1C. The van der Waals surface area contributed by atoms with Crippen LogP contribution in [0.2, 0.25) is 0 Å². The first-order valence-electron chi connectivity index (χ1n) is 10.4. The third kappa shape index (κ3) is 4.31. The largest absolute Gasteiger partial charge is 0.458 e. The van der Waals surface area contributed by atoms with Crippen LogP contribution in [0.1, 0.15) is 36.7 Å². The molecule has 0 saturated heterocycles. The maximum absolute atomic E-state index is 12.7. The van der Waals surface area contributed by atoms with E-state index in [0.29, 0.717) is 21.9 Å². The van der Waals surface area contributed by atoms with E-state index in [-0.39, 0.29) is 12.5 Å². The summed E-state index contributed by atoms with van der Waals surface area (Å²) in [5, 5.41) is 2.24. The van der Waals surface area contributed by atoms with Gasteiger partial charge in [0.15, 0.2) is 10.7 Å². The highest BCUT2D eigenvalue weighted by atomic mass is 32.1. The van der Waals surface area contributed by atoms with Crippen LogP contribution in [-0.2, 0) is 20.9 Å². The van der Waals surface area contributed by atoms with Crippen molar-refractivity contribution in [3.63, 3.8) is 0 Å². The summed E-state index contributed by atoms with van der Waals surface area (Å²) in [5.74, 6) is -1.38. The smallest absolute Gasteiger partial charge is 0.420 e. The Morgan fingerprint density at radius 1 is 1.18 bits per heavy atom. The molecule has 0 bridgehead atoms. The van der Waals surface area contributed by atoms with E-state index in [2.05, 4.69) is 4.98 Å². The van der Waals surface area contributed by atoms with Gasteiger partial charge in [0.25, 0.3) is 0 Å². The Hall–Kier alpha value is -3.72. The van der Waals surface area contributed by atoms with Gasteiger partial charge in [0, 0.05) is 12.3 Å². The summed E-state index contributed by atoms with van der Waals surface area (Å²) >= 11 is 1.29. The van der Waals surface area contributed by atoms with Crippen molar-refractivity contribution in [1.82, 2.24) is 9.55 Å². The van der Waals surface area contributed by atoms with E-state index in [4.69, 9.17) is 9.15 Å².